The van der Waals surface area contributed by atoms with Crippen molar-refractivity contribution in [2.24, 2.45) is 10.7 Å². The zero-order valence-corrected chi connectivity index (χ0v) is 24.4. The lowest BCUT2D eigenvalue weighted by molar-refractivity contribution is -0.145. The van der Waals surface area contributed by atoms with Crippen LogP contribution in [0, 0.1) is 0 Å². The largest absolute Gasteiger partial charge is 0.490 e. The molecular formula is C28H41ClN6O6. The van der Waals surface area contributed by atoms with Crippen LogP contribution in [0.4, 0.5) is 0 Å². The second kappa shape index (κ2) is 19.9. The van der Waals surface area contributed by atoms with E-state index in [4.69, 9.17) is 27.0 Å². The van der Waals surface area contributed by atoms with E-state index in [0.29, 0.717) is 38.2 Å². The van der Waals surface area contributed by atoms with Crippen LogP contribution in [0.2, 0.25) is 0 Å². The highest BCUT2D eigenvalue weighted by molar-refractivity contribution is 6.21. The minimum absolute atomic E-state index is 0.107. The number of aliphatic imine (C=N–C) groups is 1. The predicted octanol–water partition coefficient (Wildman–Crippen LogP) is 1.64. The molecule has 0 fully saturated rings. The summed E-state index contributed by atoms with van der Waals surface area (Å²) >= 11 is 5.38. The summed E-state index contributed by atoms with van der Waals surface area (Å²) < 4.78 is 10.3. The highest BCUT2D eigenvalue weighted by Gasteiger charge is 2.29. The predicted molar refractivity (Wildman–Crippen MR) is 158 cm³/mol. The van der Waals surface area contributed by atoms with E-state index in [2.05, 4.69) is 38.9 Å². The minimum atomic E-state index is -0.983. The number of nitrogens with one attached hydrogen (secondary N) is 4. The summed E-state index contributed by atoms with van der Waals surface area (Å²) in [6.07, 6.45) is 5.62. The molecule has 0 aromatic heterocycles. The first-order valence-corrected chi connectivity index (χ1v) is 13.6. The van der Waals surface area contributed by atoms with Gasteiger partial charge in [-0.2, -0.15) is 0 Å². The molecular weight excluding hydrogens is 552 g/mol. The number of hydrogen-bond acceptors (Lipinski definition) is 7. The lowest BCUT2D eigenvalue weighted by atomic mass is 10.0. The molecule has 0 saturated heterocycles. The molecule has 0 radical (unpaired) electrons. The molecule has 12 nitrogen and oxygen atoms in total. The van der Waals surface area contributed by atoms with E-state index in [1.807, 2.05) is 0 Å². The fourth-order valence-corrected chi connectivity index (χ4v) is 3.83. The third-order valence-corrected chi connectivity index (χ3v) is 5.99. The summed E-state index contributed by atoms with van der Waals surface area (Å²) in [6, 6.07) is 4.19. The van der Waals surface area contributed by atoms with Gasteiger partial charge in [0.1, 0.15) is 30.5 Å². The first-order valence-electron chi connectivity index (χ1n) is 13.2. The molecule has 41 heavy (non-hydrogen) atoms. The smallest absolute Gasteiger partial charge is 0.328 e. The Morgan fingerprint density at radius 1 is 0.976 bits per heavy atom. The maximum absolute atomic E-state index is 13.4. The van der Waals surface area contributed by atoms with Gasteiger partial charge in [-0.05, 0) is 37.0 Å². The Balaban J connectivity index is 3.02. The third kappa shape index (κ3) is 14.2. The molecule has 1 aromatic carbocycles. The second-order valence-electron chi connectivity index (χ2n) is 9.08. The molecule has 6 N–H and O–H groups in total. The van der Waals surface area contributed by atoms with Crippen molar-refractivity contribution in [3.05, 3.63) is 55.1 Å². The highest BCUT2D eigenvalue weighted by Crippen LogP contribution is 2.14. The number of nitrogens with two attached hydrogens (primary N) is 1. The van der Waals surface area contributed by atoms with Crippen LogP contribution in [0.3, 0.4) is 0 Å². The molecule has 3 amide bonds. The van der Waals surface area contributed by atoms with Crippen molar-refractivity contribution >= 4 is 41.4 Å². The number of benzene rings is 1. The van der Waals surface area contributed by atoms with Crippen LogP contribution in [-0.4, -0.2) is 68.0 Å². The average molecular weight is 593 g/mol. The number of ether oxygens (including phenoxy) is 2. The van der Waals surface area contributed by atoms with Gasteiger partial charge in [-0.25, -0.2) is 4.79 Å². The highest BCUT2D eigenvalue weighted by atomic mass is 35.5. The Hall–Kier alpha value is -4.06. The van der Waals surface area contributed by atoms with Crippen LogP contribution in [0.1, 0.15) is 44.6 Å². The number of carbonyl (C=O) groups excluding carboxylic acids is 4. The molecule has 0 aliphatic heterocycles. The molecule has 13 heteroatoms. The Morgan fingerprint density at radius 3 is 2.22 bits per heavy atom. The molecule has 0 saturated carbocycles. The third-order valence-electron chi connectivity index (χ3n) is 5.79. The van der Waals surface area contributed by atoms with E-state index < -0.39 is 41.8 Å². The standard InChI is InChI=1S/C28H41ClN6O6/c1-5-10-23(27(39)40-4)34-25(37)22(11-8-7-9-16-31-28(30)35-29)33-26(38)24(32-19(3)36)18-20-12-14-21(15-13-20)41-17-6-2/h5-6,12-15,22-24H,1-2,7-11,16-18H2,3-4H3,(H,32,36)(H,33,38)(H,34,37)(H3,30,31,35)/t22-,23-,24-/m0/s1. The van der Waals surface area contributed by atoms with Crippen molar-refractivity contribution < 1.29 is 28.7 Å². The molecule has 0 unspecified atom stereocenters. The van der Waals surface area contributed by atoms with Gasteiger partial charge in [0.15, 0.2) is 0 Å². The van der Waals surface area contributed by atoms with Crippen molar-refractivity contribution in [3.63, 3.8) is 0 Å². The normalized spacial score (nSPS) is 13.1. The maximum Gasteiger partial charge on any atom is 0.328 e. The molecule has 1 rings (SSSR count). The van der Waals surface area contributed by atoms with E-state index in [0.717, 1.165) is 5.56 Å². The van der Waals surface area contributed by atoms with Gasteiger partial charge in [0.25, 0.3) is 0 Å². The van der Waals surface area contributed by atoms with Crippen LogP contribution in [0.5, 0.6) is 5.75 Å². The Labute approximate surface area is 246 Å². The zero-order valence-electron chi connectivity index (χ0n) is 23.6. The van der Waals surface area contributed by atoms with Crippen molar-refractivity contribution in [2.75, 3.05) is 20.3 Å². The number of methoxy groups -OCH3 is 1. The van der Waals surface area contributed by atoms with Crippen LogP contribution < -0.4 is 31.3 Å². The Bertz CT molecular complexity index is 1050. The summed E-state index contributed by atoms with van der Waals surface area (Å²) in [5, 5.41) is 8.03. The number of rotatable bonds is 19. The lowest BCUT2D eigenvalue weighted by Gasteiger charge is -2.24. The van der Waals surface area contributed by atoms with Crippen LogP contribution in [-0.2, 0) is 30.3 Å². The number of esters is 1. The lowest BCUT2D eigenvalue weighted by Crippen LogP contribution is -2.56. The van der Waals surface area contributed by atoms with Gasteiger partial charge in [0, 0.05) is 31.7 Å². The van der Waals surface area contributed by atoms with Crippen LogP contribution in [0.15, 0.2) is 54.6 Å². The topological polar surface area (TPSA) is 173 Å². The van der Waals surface area contributed by atoms with E-state index in [1.54, 1.807) is 30.3 Å². The summed E-state index contributed by atoms with van der Waals surface area (Å²) in [5.41, 5.74) is 6.28. The van der Waals surface area contributed by atoms with Gasteiger partial charge >= 0.3 is 5.97 Å². The number of unbranched alkanes of at least 4 members (excludes halogenated alkanes) is 2. The quantitative estimate of drug-likeness (QED) is 0.0402. The number of guanidine groups is 1. The number of hydrogen-bond donors (Lipinski definition) is 5. The Kier molecular flexibility index (Phi) is 17.0. The van der Waals surface area contributed by atoms with E-state index in [9.17, 15) is 19.2 Å². The molecule has 0 bridgehead atoms. The van der Waals surface area contributed by atoms with Crippen molar-refractivity contribution in [3.8, 4) is 5.75 Å². The average Bonchev–Trinajstić information content (AvgIpc) is 2.96. The van der Waals surface area contributed by atoms with E-state index in [1.165, 1.54) is 20.1 Å². The van der Waals surface area contributed by atoms with Crippen molar-refractivity contribution in [1.82, 2.24) is 20.8 Å². The first-order chi connectivity index (χ1) is 19.6. The summed E-state index contributed by atoms with van der Waals surface area (Å²) in [4.78, 5) is 56.9. The first kappa shape index (κ1) is 35.0. The summed E-state index contributed by atoms with van der Waals surface area (Å²) in [5.74, 6) is -1.40. The number of carbonyl (C=O) groups is 4. The minimum Gasteiger partial charge on any atom is -0.490 e. The van der Waals surface area contributed by atoms with Crippen molar-refractivity contribution in [1.29, 1.82) is 0 Å². The molecule has 226 valence electrons. The zero-order chi connectivity index (χ0) is 30.6. The van der Waals surface area contributed by atoms with E-state index >= 15 is 0 Å². The number of nitrogens with zero attached hydrogens (tertiary/aromatic N) is 1. The molecule has 0 aliphatic carbocycles. The van der Waals surface area contributed by atoms with Crippen LogP contribution in [0.25, 0.3) is 0 Å². The van der Waals surface area contributed by atoms with Crippen molar-refractivity contribution in [2.45, 2.75) is 63.6 Å². The molecule has 3 atom stereocenters. The van der Waals surface area contributed by atoms with Gasteiger partial charge in [-0.1, -0.05) is 43.7 Å². The van der Waals surface area contributed by atoms with Crippen LogP contribution >= 0.6 is 11.8 Å². The fourth-order valence-electron chi connectivity index (χ4n) is 3.77. The second-order valence-corrected chi connectivity index (χ2v) is 9.27. The van der Waals surface area contributed by atoms with E-state index in [-0.39, 0.29) is 25.2 Å². The van der Waals surface area contributed by atoms with Gasteiger partial charge in [-0.3, -0.25) is 24.2 Å². The van der Waals surface area contributed by atoms with Gasteiger partial charge in [-0.15, -0.1) is 6.58 Å². The molecule has 0 aliphatic rings. The number of halogens is 1. The maximum atomic E-state index is 13.4. The Morgan fingerprint density at radius 2 is 1.63 bits per heavy atom. The SMILES string of the molecule is C=CCOc1ccc(C[C@H](NC(C)=O)C(=O)N[C@@H](CCCCCN=C(N)NCl)C(=O)N[C@@H](CC=C)C(=O)OC)cc1. The van der Waals surface area contributed by atoms with Gasteiger partial charge < -0.3 is 31.2 Å². The van der Waals surface area contributed by atoms with Gasteiger partial charge in [0.2, 0.25) is 23.7 Å². The molecule has 1 aromatic rings. The van der Waals surface area contributed by atoms with Gasteiger partial charge in [0.05, 0.1) is 7.11 Å². The monoisotopic (exact) mass is 592 g/mol. The fraction of sp³-hybridized carbons (Fsp3) is 0.464. The molecule has 0 heterocycles. The number of amides is 3. The summed E-state index contributed by atoms with van der Waals surface area (Å²) in [6.45, 7) is 9.32. The summed E-state index contributed by atoms with van der Waals surface area (Å²) in [7, 11) is 1.22. The molecule has 0 spiro atoms.